The minimum atomic E-state index is -0.173. The van der Waals surface area contributed by atoms with Gasteiger partial charge in [0.15, 0.2) is 5.82 Å². The maximum Gasteiger partial charge on any atom is 0.305 e. The summed E-state index contributed by atoms with van der Waals surface area (Å²) in [5, 5.41) is 4.04. The topological polar surface area (TPSA) is 74.5 Å². The number of aromatic nitrogens is 2. The Morgan fingerprint density at radius 1 is 1.37 bits per heavy atom. The molecule has 0 spiro atoms. The first-order valence-corrected chi connectivity index (χ1v) is 6.76. The highest BCUT2D eigenvalue weighted by molar-refractivity contribution is 5.68. The summed E-state index contributed by atoms with van der Waals surface area (Å²) in [6.45, 7) is 1.54. The van der Waals surface area contributed by atoms with Gasteiger partial charge in [-0.05, 0) is 25.7 Å². The van der Waals surface area contributed by atoms with E-state index in [0.29, 0.717) is 24.7 Å². The number of aryl methyl sites for hydroxylation is 1. The van der Waals surface area contributed by atoms with Crippen molar-refractivity contribution in [3.8, 4) is 0 Å². The highest BCUT2D eigenvalue weighted by atomic mass is 16.5. The van der Waals surface area contributed by atoms with E-state index in [1.165, 1.54) is 7.11 Å². The van der Waals surface area contributed by atoms with E-state index in [1.54, 1.807) is 0 Å². The lowest BCUT2D eigenvalue weighted by molar-refractivity contribution is -0.140. The first kappa shape index (κ1) is 14.0. The SMILES string of the molecule is COC(=O)CCCCc1nc(C2CCOCC2)no1. The lowest BCUT2D eigenvalue weighted by atomic mass is 10.00. The van der Waals surface area contributed by atoms with E-state index in [0.717, 1.165) is 44.7 Å². The van der Waals surface area contributed by atoms with Crippen molar-refractivity contribution in [3.63, 3.8) is 0 Å². The molecule has 1 aromatic heterocycles. The molecule has 0 unspecified atom stereocenters. The van der Waals surface area contributed by atoms with Crippen LogP contribution in [-0.2, 0) is 20.7 Å². The molecule has 106 valence electrons. The van der Waals surface area contributed by atoms with E-state index in [-0.39, 0.29) is 5.97 Å². The summed E-state index contributed by atoms with van der Waals surface area (Å²) in [5.74, 6) is 1.65. The molecule has 0 saturated carbocycles. The van der Waals surface area contributed by atoms with Crippen LogP contribution < -0.4 is 0 Å². The number of carbonyl (C=O) groups excluding carboxylic acids is 1. The number of methoxy groups -OCH3 is 1. The van der Waals surface area contributed by atoms with Crippen molar-refractivity contribution >= 4 is 5.97 Å². The fraction of sp³-hybridized carbons (Fsp3) is 0.769. The van der Waals surface area contributed by atoms with Gasteiger partial charge in [0.2, 0.25) is 5.89 Å². The van der Waals surface area contributed by atoms with Crippen LogP contribution in [-0.4, -0.2) is 36.4 Å². The first-order chi connectivity index (χ1) is 9.29. The molecule has 0 amide bonds. The molecule has 2 heterocycles. The van der Waals surface area contributed by atoms with Gasteiger partial charge in [0.05, 0.1) is 7.11 Å². The molecule has 1 aliphatic heterocycles. The zero-order valence-electron chi connectivity index (χ0n) is 11.3. The summed E-state index contributed by atoms with van der Waals surface area (Å²) in [4.78, 5) is 15.4. The van der Waals surface area contributed by atoms with Gasteiger partial charge in [-0.2, -0.15) is 4.98 Å². The fourth-order valence-corrected chi connectivity index (χ4v) is 2.14. The van der Waals surface area contributed by atoms with Crippen LogP contribution in [0.25, 0.3) is 0 Å². The van der Waals surface area contributed by atoms with Gasteiger partial charge in [0.25, 0.3) is 0 Å². The molecular formula is C13H20N2O4. The molecule has 1 saturated heterocycles. The minimum Gasteiger partial charge on any atom is -0.469 e. The zero-order valence-corrected chi connectivity index (χ0v) is 11.3. The van der Waals surface area contributed by atoms with Gasteiger partial charge in [-0.25, -0.2) is 0 Å². The van der Waals surface area contributed by atoms with Crippen LogP contribution >= 0.6 is 0 Å². The summed E-state index contributed by atoms with van der Waals surface area (Å²) < 4.78 is 15.1. The first-order valence-electron chi connectivity index (χ1n) is 6.76. The van der Waals surface area contributed by atoms with E-state index in [9.17, 15) is 4.79 Å². The van der Waals surface area contributed by atoms with Crippen molar-refractivity contribution < 1.29 is 18.8 Å². The second-order valence-corrected chi connectivity index (χ2v) is 4.72. The van der Waals surface area contributed by atoms with Crippen LogP contribution in [0.2, 0.25) is 0 Å². The molecule has 0 atom stereocenters. The van der Waals surface area contributed by atoms with Crippen LogP contribution in [0.1, 0.15) is 49.7 Å². The Balaban J connectivity index is 1.72. The monoisotopic (exact) mass is 268 g/mol. The third-order valence-corrected chi connectivity index (χ3v) is 3.32. The Morgan fingerprint density at radius 3 is 2.89 bits per heavy atom. The summed E-state index contributed by atoms with van der Waals surface area (Å²) >= 11 is 0. The van der Waals surface area contributed by atoms with Gasteiger partial charge in [-0.3, -0.25) is 4.79 Å². The van der Waals surface area contributed by atoms with E-state index >= 15 is 0 Å². The van der Waals surface area contributed by atoms with Crippen molar-refractivity contribution in [1.29, 1.82) is 0 Å². The van der Waals surface area contributed by atoms with Gasteiger partial charge < -0.3 is 14.0 Å². The van der Waals surface area contributed by atoms with Gasteiger partial charge in [-0.1, -0.05) is 5.16 Å². The Hall–Kier alpha value is -1.43. The standard InChI is InChI=1S/C13H20N2O4/c1-17-12(16)5-3-2-4-11-14-13(15-19-11)10-6-8-18-9-7-10/h10H,2-9H2,1H3. The van der Waals surface area contributed by atoms with Crippen molar-refractivity contribution in [2.45, 2.75) is 44.4 Å². The Morgan fingerprint density at radius 2 is 2.16 bits per heavy atom. The predicted octanol–water partition coefficient (Wildman–Crippen LogP) is 1.85. The maximum atomic E-state index is 10.9. The molecule has 1 aliphatic rings. The smallest absolute Gasteiger partial charge is 0.305 e. The minimum absolute atomic E-state index is 0.173. The number of carbonyl (C=O) groups is 1. The third kappa shape index (κ3) is 4.31. The summed E-state index contributed by atoms with van der Waals surface area (Å²) in [6.07, 6.45) is 4.71. The van der Waals surface area contributed by atoms with Gasteiger partial charge in [0, 0.05) is 32.0 Å². The number of ether oxygens (including phenoxy) is 2. The maximum absolute atomic E-state index is 10.9. The van der Waals surface area contributed by atoms with Crippen LogP contribution in [0, 0.1) is 0 Å². The summed E-state index contributed by atoms with van der Waals surface area (Å²) in [5.41, 5.74) is 0. The van der Waals surface area contributed by atoms with Crippen LogP contribution in [0.3, 0.4) is 0 Å². The fourth-order valence-electron chi connectivity index (χ4n) is 2.14. The second-order valence-electron chi connectivity index (χ2n) is 4.72. The molecule has 2 rings (SSSR count). The number of rotatable bonds is 6. The molecular weight excluding hydrogens is 248 g/mol. The Bertz CT molecular complexity index is 399. The highest BCUT2D eigenvalue weighted by Gasteiger charge is 2.21. The van der Waals surface area contributed by atoms with Crippen LogP contribution in [0.5, 0.6) is 0 Å². The Kier molecular flexibility index (Phi) is 5.32. The van der Waals surface area contributed by atoms with E-state index < -0.39 is 0 Å². The Labute approximate surface area is 112 Å². The number of hydrogen-bond acceptors (Lipinski definition) is 6. The van der Waals surface area contributed by atoms with E-state index in [1.807, 2.05) is 0 Å². The number of nitrogens with zero attached hydrogens (tertiary/aromatic N) is 2. The van der Waals surface area contributed by atoms with Crippen molar-refractivity contribution in [2.24, 2.45) is 0 Å². The molecule has 0 radical (unpaired) electrons. The van der Waals surface area contributed by atoms with E-state index in [4.69, 9.17) is 9.26 Å². The van der Waals surface area contributed by atoms with Crippen molar-refractivity contribution in [3.05, 3.63) is 11.7 Å². The molecule has 1 fully saturated rings. The van der Waals surface area contributed by atoms with Gasteiger partial charge in [0.1, 0.15) is 0 Å². The predicted molar refractivity (Wildman–Crippen MR) is 66.7 cm³/mol. The molecule has 6 heteroatoms. The summed E-state index contributed by atoms with van der Waals surface area (Å²) in [6, 6.07) is 0. The lowest BCUT2D eigenvalue weighted by Crippen LogP contribution is -2.15. The zero-order chi connectivity index (χ0) is 13.5. The highest BCUT2D eigenvalue weighted by Crippen LogP contribution is 2.24. The number of unbranched alkanes of at least 4 members (excludes halogenated alkanes) is 1. The molecule has 0 bridgehead atoms. The van der Waals surface area contributed by atoms with Crippen molar-refractivity contribution in [2.75, 3.05) is 20.3 Å². The molecule has 0 aliphatic carbocycles. The quantitative estimate of drug-likeness (QED) is 0.579. The van der Waals surface area contributed by atoms with Gasteiger partial charge >= 0.3 is 5.97 Å². The molecule has 19 heavy (non-hydrogen) atoms. The van der Waals surface area contributed by atoms with Crippen LogP contribution in [0.15, 0.2) is 4.52 Å². The summed E-state index contributed by atoms with van der Waals surface area (Å²) in [7, 11) is 1.40. The largest absolute Gasteiger partial charge is 0.469 e. The van der Waals surface area contributed by atoms with Crippen LogP contribution in [0.4, 0.5) is 0 Å². The third-order valence-electron chi connectivity index (χ3n) is 3.32. The average Bonchev–Trinajstić information content (AvgIpc) is 2.93. The molecule has 6 nitrogen and oxygen atoms in total. The average molecular weight is 268 g/mol. The number of hydrogen-bond donors (Lipinski definition) is 0. The number of esters is 1. The molecule has 0 aromatic carbocycles. The van der Waals surface area contributed by atoms with Gasteiger partial charge in [-0.15, -0.1) is 0 Å². The van der Waals surface area contributed by atoms with E-state index in [2.05, 4.69) is 14.9 Å². The lowest BCUT2D eigenvalue weighted by Gasteiger charge is -2.18. The second kappa shape index (κ2) is 7.23. The normalized spacial score (nSPS) is 16.5. The molecule has 1 aromatic rings. The van der Waals surface area contributed by atoms with Crippen molar-refractivity contribution in [1.82, 2.24) is 10.1 Å². The molecule has 0 N–H and O–H groups in total.